The maximum absolute atomic E-state index is 12.5. The molecule has 1 aliphatic heterocycles. The topological polar surface area (TPSA) is 99.6 Å². The fraction of sp³-hybridized carbons (Fsp3) is 0.273. The lowest BCUT2D eigenvalue weighted by atomic mass is 10.2. The number of aromatic nitrogens is 2. The van der Waals surface area contributed by atoms with Crippen LogP contribution in [0.4, 0.5) is 0 Å². The summed E-state index contributed by atoms with van der Waals surface area (Å²) in [4.78, 5) is 33.7. The lowest BCUT2D eigenvalue weighted by molar-refractivity contribution is -0.129. The first-order valence-electron chi connectivity index (χ1n) is 9.53. The number of carbonyl (C=O) groups excluding carboxylic acids is 2. The average molecular weight is 407 g/mol. The van der Waals surface area contributed by atoms with Crippen molar-refractivity contribution in [3.63, 3.8) is 0 Å². The summed E-state index contributed by atoms with van der Waals surface area (Å²) >= 11 is 0. The molecule has 4 rings (SSSR count). The Labute approximate surface area is 173 Å². The standard InChI is InChI=1S/C22H21N3O5/c1-12-13(2)25-18-9-16(5-6-17(18)24-12)22(27)30-14(3)21(26)23-10-15-4-7-19-20(8-15)29-11-28-19/h4-9,14H,10-11H2,1-3H3,(H,23,26)/t14-/m0/s1. The van der Waals surface area contributed by atoms with Crippen molar-refractivity contribution in [3.8, 4) is 11.5 Å². The first kappa shape index (κ1) is 19.6. The van der Waals surface area contributed by atoms with Gasteiger partial charge < -0.3 is 19.5 Å². The number of nitrogens with zero attached hydrogens (tertiary/aromatic N) is 2. The number of fused-ring (bicyclic) bond motifs is 2. The Morgan fingerprint density at radius 3 is 2.57 bits per heavy atom. The number of benzene rings is 2. The van der Waals surface area contributed by atoms with Crippen LogP contribution in [0.25, 0.3) is 11.0 Å². The monoisotopic (exact) mass is 407 g/mol. The molecule has 30 heavy (non-hydrogen) atoms. The second-order valence-electron chi connectivity index (χ2n) is 7.05. The summed E-state index contributed by atoms with van der Waals surface area (Å²) in [5, 5.41) is 2.76. The Balaban J connectivity index is 1.37. The van der Waals surface area contributed by atoms with E-state index in [9.17, 15) is 9.59 Å². The van der Waals surface area contributed by atoms with Crippen LogP contribution in [0.3, 0.4) is 0 Å². The van der Waals surface area contributed by atoms with Crippen molar-refractivity contribution in [2.75, 3.05) is 6.79 Å². The molecule has 3 aromatic rings. The summed E-state index contributed by atoms with van der Waals surface area (Å²) < 4.78 is 15.9. The highest BCUT2D eigenvalue weighted by Crippen LogP contribution is 2.32. The van der Waals surface area contributed by atoms with Gasteiger partial charge in [-0.05, 0) is 56.7 Å². The van der Waals surface area contributed by atoms with Gasteiger partial charge in [-0.2, -0.15) is 0 Å². The average Bonchev–Trinajstić information content (AvgIpc) is 3.20. The van der Waals surface area contributed by atoms with Gasteiger partial charge in [0.1, 0.15) is 0 Å². The van der Waals surface area contributed by atoms with Crippen LogP contribution in [0.2, 0.25) is 0 Å². The number of ether oxygens (including phenoxy) is 3. The van der Waals surface area contributed by atoms with Crippen molar-refractivity contribution in [2.45, 2.75) is 33.4 Å². The van der Waals surface area contributed by atoms with Gasteiger partial charge in [-0.1, -0.05) is 6.07 Å². The number of rotatable bonds is 5. The summed E-state index contributed by atoms with van der Waals surface area (Å²) in [5.74, 6) is 0.333. The molecule has 0 saturated heterocycles. The van der Waals surface area contributed by atoms with E-state index >= 15 is 0 Å². The van der Waals surface area contributed by atoms with Crippen LogP contribution >= 0.6 is 0 Å². The van der Waals surface area contributed by atoms with Crippen LogP contribution in [0.15, 0.2) is 36.4 Å². The molecule has 1 aliphatic rings. The van der Waals surface area contributed by atoms with E-state index in [2.05, 4.69) is 15.3 Å². The predicted octanol–water partition coefficient (Wildman–Crippen LogP) is 2.84. The van der Waals surface area contributed by atoms with E-state index in [1.165, 1.54) is 6.92 Å². The zero-order valence-electron chi connectivity index (χ0n) is 16.9. The first-order valence-corrected chi connectivity index (χ1v) is 9.53. The van der Waals surface area contributed by atoms with E-state index < -0.39 is 18.0 Å². The molecular weight excluding hydrogens is 386 g/mol. The minimum absolute atomic E-state index is 0.192. The van der Waals surface area contributed by atoms with Crippen LogP contribution in [0, 0.1) is 13.8 Å². The number of hydrogen-bond donors (Lipinski definition) is 1. The molecule has 154 valence electrons. The Kier molecular flexibility index (Phi) is 5.22. The number of carbonyl (C=O) groups is 2. The summed E-state index contributed by atoms with van der Waals surface area (Å²) in [6, 6.07) is 10.4. The molecule has 0 radical (unpaired) electrons. The quantitative estimate of drug-likeness (QED) is 0.649. The van der Waals surface area contributed by atoms with Gasteiger partial charge in [0, 0.05) is 6.54 Å². The molecule has 0 saturated carbocycles. The Morgan fingerprint density at radius 2 is 1.77 bits per heavy atom. The first-order chi connectivity index (χ1) is 14.4. The number of amides is 1. The highest BCUT2D eigenvalue weighted by molar-refractivity contribution is 5.95. The molecule has 1 amide bonds. The summed E-state index contributed by atoms with van der Waals surface area (Å²) in [6.45, 7) is 5.74. The van der Waals surface area contributed by atoms with Gasteiger partial charge in [0.15, 0.2) is 17.6 Å². The SMILES string of the molecule is Cc1nc2ccc(C(=O)O[C@@H](C)C(=O)NCc3ccc4c(c3)OCO4)cc2nc1C. The molecule has 0 unspecified atom stereocenters. The summed E-state index contributed by atoms with van der Waals surface area (Å²) in [5.41, 5.74) is 4.10. The highest BCUT2D eigenvalue weighted by atomic mass is 16.7. The van der Waals surface area contributed by atoms with E-state index in [4.69, 9.17) is 14.2 Å². The van der Waals surface area contributed by atoms with Crippen LogP contribution in [-0.4, -0.2) is 34.7 Å². The molecule has 0 bridgehead atoms. The third kappa shape index (κ3) is 4.03. The number of hydrogen-bond acceptors (Lipinski definition) is 7. The maximum Gasteiger partial charge on any atom is 0.338 e. The third-order valence-electron chi connectivity index (χ3n) is 4.87. The van der Waals surface area contributed by atoms with Crippen molar-refractivity contribution in [2.24, 2.45) is 0 Å². The van der Waals surface area contributed by atoms with Crippen molar-refractivity contribution < 1.29 is 23.8 Å². The molecule has 0 spiro atoms. The van der Waals surface area contributed by atoms with Crippen LogP contribution in [0.5, 0.6) is 11.5 Å². The molecule has 0 aliphatic carbocycles. The fourth-order valence-electron chi connectivity index (χ4n) is 3.02. The maximum atomic E-state index is 12.5. The third-order valence-corrected chi connectivity index (χ3v) is 4.87. The van der Waals surface area contributed by atoms with Crippen molar-refractivity contribution in [1.82, 2.24) is 15.3 Å². The van der Waals surface area contributed by atoms with Gasteiger partial charge in [-0.25, -0.2) is 14.8 Å². The van der Waals surface area contributed by atoms with Gasteiger partial charge in [-0.3, -0.25) is 4.79 Å². The van der Waals surface area contributed by atoms with Crippen LogP contribution < -0.4 is 14.8 Å². The van der Waals surface area contributed by atoms with Crippen LogP contribution in [0.1, 0.15) is 34.2 Å². The van der Waals surface area contributed by atoms with Gasteiger partial charge in [0.2, 0.25) is 6.79 Å². The molecule has 1 atom stereocenters. The molecule has 2 aromatic carbocycles. The van der Waals surface area contributed by atoms with Crippen LogP contribution in [-0.2, 0) is 16.1 Å². The molecular formula is C22H21N3O5. The summed E-state index contributed by atoms with van der Waals surface area (Å²) in [7, 11) is 0. The predicted molar refractivity (Wildman–Crippen MR) is 108 cm³/mol. The number of nitrogens with one attached hydrogen (secondary N) is 1. The van der Waals surface area contributed by atoms with Crippen molar-refractivity contribution in [3.05, 3.63) is 58.9 Å². The molecule has 0 fully saturated rings. The molecule has 8 nitrogen and oxygen atoms in total. The van der Waals surface area contributed by atoms with E-state index in [1.54, 1.807) is 30.3 Å². The molecule has 1 N–H and O–H groups in total. The Hall–Kier alpha value is -3.68. The minimum atomic E-state index is -0.951. The van der Waals surface area contributed by atoms with Crippen molar-refractivity contribution >= 4 is 22.9 Å². The number of aryl methyl sites for hydroxylation is 2. The van der Waals surface area contributed by atoms with Gasteiger partial charge in [0.25, 0.3) is 5.91 Å². The molecule has 2 heterocycles. The van der Waals surface area contributed by atoms with Gasteiger partial charge in [0.05, 0.1) is 28.0 Å². The fourth-order valence-corrected chi connectivity index (χ4v) is 3.02. The molecule has 1 aromatic heterocycles. The smallest absolute Gasteiger partial charge is 0.338 e. The van der Waals surface area contributed by atoms with Crippen molar-refractivity contribution in [1.29, 1.82) is 0 Å². The second-order valence-corrected chi connectivity index (χ2v) is 7.05. The zero-order valence-corrected chi connectivity index (χ0v) is 16.9. The summed E-state index contributed by atoms with van der Waals surface area (Å²) in [6.07, 6.45) is -0.951. The van der Waals surface area contributed by atoms with Gasteiger partial charge >= 0.3 is 5.97 Å². The molecule has 8 heteroatoms. The van der Waals surface area contributed by atoms with E-state index in [1.807, 2.05) is 19.9 Å². The van der Waals surface area contributed by atoms with E-state index in [0.717, 1.165) is 17.0 Å². The normalized spacial score (nSPS) is 13.2. The van der Waals surface area contributed by atoms with E-state index in [-0.39, 0.29) is 13.3 Å². The highest BCUT2D eigenvalue weighted by Gasteiger charge is 2.20. The second kappa shape index (κ2) is 7.98. The lowest BCUT2D eigenvalue weighted by Crippen LogP contribution is -2.35. The number of esters is 1. The Morgan fingerprint density at radius 1 is 1.03 bits per heavy atom. The lowest BCUT2D eigenvalue weighted by Gasteiger charge is -2.14. The zero-order chi connectivity index (χ0) is 21.3. The largest absolute Gasteiger partial charge is 0.454 e. The van der Waals surface area contributed by atoms with Gasteiger partial charge in [-0.15, -0.1) is 0 Å². The van der Waals surface area contributed by atoms with E-state index in [0.29, 0.717) is 28.1 Å². The Bertz CT molecular complexity index is 1150. The minimum Gasteiger partial charge on any atom is -0.454 e.